The van der Waals surface area contributed by atoms with Crippen LogP contribution >= 0.6 is 0 Å². The summed E-state index contributed by atoms with van der Waals surface area (Å²) >= 11 is 0. The number of nitrogens with one attached hydrogen (secondary N) is 1. The van der Waals surface area contributed by atoms with E-state index in [0.29, 0.717) is 35.8 Å². The number of hydrogen-bond acceptors (Lipinski definition) is 6. The lowest BCUT2D eigenvalue weighted by Gasteiger charge is -2.08. The molecule has 2 aromatic heterocycles. The minimum absolute atomic E-state index is 0.522. The van der Waals surface area contributed by atoms with Crippen molar-refractivity contribution < 1.29 is 4.52 Å². The third-order valence-corrected chi connectivity index (χ3v) is 3.37. The van der Waals surface area contributed by atoms with Gasteiger partial charge in [-0.15, -0.1) is 0 Å². The second-order valence-electron chi connectivity index (χ2n) is 4.86. The van der Waals surface area contributed by atoms with E-state index in [1.54, 1.807) is 12.3 Å². The van der Waals surface area contributed by atoms with Gasteiger partial charge >= 0.3 is 0 Å². The standard InChI is InChI=1S/C13H17N5O/c1-9-14-7-6-11(16-9)13-17-12(19-18-13)8-15-10-4-2-3-5-10/h6-7,10,15H,2-5,8H2,1H3. The van der Waals surface area contributed by atoms with Crippen molar-refractivity contribution in [3.8, 4) is 11.5 Å². The Balaban J connectivity index is 1.65. The smallest absolute Gasteiger partial charge is 0.240 e. The molecule has 2 heterocycles. The van der Waals surface area contributed by atoms with Gasteiger partial charge in [-0.1, -0.05) is 18.0 Å². The third-order valence-electron chi connectivity index (χ3n) is 3.37. The van der Waals surface area contributed by atoms with Crippen molar-refractivity contribution in [2.75, 3.05) is 0 Å². The summed E-state index contributed by atoms with van der Waals surface area (Å²) in [5, 5.41) is 7.40. The van der Waals surface area contributed by atoms with Crippen molar-refractivity contribution in [1.29, 1.82) is 0 Å². The van der Waals surface area contributed by atoms with Gasteiger partial charge in [-0.2, -0.15) is 4.98 Å². The lowest BCUT2D eigenvalue weighted by Crippen LogP contribution is -2.25. The first-order chi connectivity index (χ1) is 9.31. The molecule has 0 amide bonds. The molecule has 0 saturated heterocycles. The quantitative estimate of drug-likeness (QED) is 0.903. The molecule has 1 aliphatic rings. The summed E-state index contributed by atoms with van der Waals surface area (Å²) in [6, 6.07) is 2.38. The third kappa shape index (κ3) is 2.96. The van der Waals surface area contributed by atoms with E-state index in [1.807, 2.05) is 6.92 Å². The van der Waals surface area contributed by atoms with Crippen LogP contribution in [-0.4, -0.2) is 26.2 Å². The van der Waals surface area contributed by atoms with Crippen molar-refractivity contribution >= 4 is 0 Å². The Morgan fingerprint density at radius 1 is 1.32 bits per heavy atom. The fraction of sp³-hybridized carbons (Fsp3) is 0.538. The van der Waals surface area contributed by atoms with Crippen LogP contribution in [0.3, 0.4) is 0 Å². The molecule has 0 bridgehead atoms. The zero-order valence-corrected chi connectivity index (χ0v) is 11.0. The molecule has 3 rings (SSSR count). The molecule has 1 saturated carbocycles. The monoisotopic (exact) mass is 259 g/mol. The average molecular weight is 259 g/mol. The van der Waals surface area contributed by atoms with Crippen LogP contribution in [0.25, 0.3) is 11.5 Å². The van der Waals surface area contributed by atoms with E-state index in [2.05, 4.69) is 25.4 Å². The summed E-state index contributed by atoms with van der Waals surface area (Å²) in [4.78, 5) is 12.7. The maximum Gasteiger partial charge on any atom is 0.240 e. The molecule has 1 N–H and O–H groups in total. The van der Waals surface area contributed by atoms with E-state index in [9.17, 15) is 0 Å². The summed E-state index contributed by atoms with van der Waals surface area (Å²) in [5.74, 6) is 1.83. The molecule has 0 aromatic carbocycles. The summed E-state index contributed by atoms with van der Waals surface area (Å²) in [6.07, 6.45) is 6.81. The minimum Gasteiger partial charge on any atom is -0.337 e. The van der Waals surface area contributed by atoms with Crippen LogP contribution in [0.1, 0.15) is 37.4 Å². The van der Waals surface area contributed by atoms with E-state index in [-0.39, 0.29) is 0 Å². The SMILES string of the molecule is Cc1nccc(-c2noc(CNC3CCCC3)n2)n1. The Morgan fingerprint density at radius 2 is 2.16 bits per heavy atom. The van der Waals surface area contributed by atoms with Crippen molar-refractivity contribution in [2.45, 2.75) is 45.2 Å². The molecule has 6 nitrogen and oxygen atoms in total. The summed E-state index contributed by atoms with van der Waals surface area (Å²) in [6.45, 7) is 2.47. The van der Waals surface area contributed by atoms with Gasteiger partial charge in [-0.25, -0.2) is 9.97 Å². The molecule has 1 aliphatic carbocycles. The first-order valence-electron chi connectivity index (χ1n) is 6.67. The predicted octanol–water partition coefficient (Wildman–Crippen LogP) is 1.87. The van der Waals surface area contributed by atoms with Crippen LogP contribution in [0.4, 0.5) is 0 Å². The van der Waals surface area contributed by atoms with Gasteiger partial charge in [0, 0.05) is 12.2 Å². The van der Waals surface area contributed by atoms with Crippen molar-refractivity contribution in [3.05, 3.63) is 24.0 Å². The zero-order valence-electron chi connectivity index (χ0n) is 11.0. The van der Waals surface area contributed by atoms with Gasteiger partial charge in [-0.3, -0.25) is 0 Å². The van der Waals surface area contributed by atoms with Crippen molar-refractivity contribution in [3.63, 3.8) is 0 Å². The largest absolute Gasteiger partial charge is 0.337 e. The van der Waals surface area contributed by atoms with Crippen LogP contribution in [0.15, 0.2) is 16.8 Å². The first-order valence-corrected chi connectivity index (χ1v) is 6.67. The Hall–Kier alpha value is -1.82. The Kier molecular flexibility index (Phi) is 3.50. The normalized spacial score (nSPS) is 16.1. The molecular formula is C13H17N5O. The van der Waals surface area contributed by atoms with Gasteiger partial charge in [0.2, 0.25) is 11.7 Å². The summed E-state index contributed by atoms with van der Waals surface area (Å²) < 4.78 is 5.23. The molecule has 19 heavy (non-hydrogen) atoms. The predicted molar refractivity (Wildman–Crippen MR) is 69.2 cm³/mol. The van der Waals surface area contributed by atoms with E-state index in [4.69, 9.17) is 4.52 Å². The highest BCUT2D eigenvalue weighted by molar-refractivity contribution is 5.46. The van der Waals surface area contributed by atoms with Crippen LogP contribution in [0.5, 0.6) is 0 Å². The van der Waals surface area contributed by atoms with Crippen molar-refractivity contribution in [1.82, 2.24) is 25.4 Å². The number of aryl methyl sites for hydroxylation is 1. The van der Waals surface area contributed by atoms with Crippen molar-refractivity contribution in [2.24, 2.45) is 0 Å². The fourth-order valence-electron chi connectivity index (χ4n) is 2.37. The van der Waals surface area contributed by atoms with Crippen LogP contribution < -0.4 is 5.32 Å². The molecule has 2 aromatic rings. The van der Waals surface area contributed by atoms with E-state index in [1.165, 1.54) is 25.7 Å². The van der Waals surface area contributed by atoms with E-state index < -0.39 is 0 Å². The van der Waals surface area contributed by atoms with E-state index in [0.717, 1.165) is 0 Å². The number of hydrogen-bond donors (Lipinski definition) is 1. The van der Waals surface area contributed by atoms with Gasteiger partial charge in [0.25, 0.3) is 0 Å². The minimum atomic E-state index is 0.522. The van der Waals surface area contributed by atoms with Gasteiger partial charge in [0.1, 0.15) is 11.5 Å². The fourth-order valence-corrected chi connectivity index (χ4v) is 2.37. The Labute approximate surface area is 111 Å². The van der Waals surface area contributed by atoms with Gasteiger partial charge in [-0.05, 0) is 25.8 Å². The zero-order chi connectivity index (χ0) is 13.1. The maximum absolute atomic E-state index is 5.23. The molecule has 100 valence electrons. The lowest BCUT2D eigenvalue weighted by molar-refractivity contribution is 0.357. The second kappa shape index (κ2) is 5.44. The number of rotatable bonds is 4. The van der Waals surface area contributed by atoms with Crippen LogP contribution in [-0.2, 0) is 6.54 Å². The first kappa shape index (κ1) is 12.2. The lowest BCUT2D eigenvalue weighted by atomic mass is 10.2. The molecule has 1 fully saturated rings. The summed E-state index contributed by atoms with van der Waals surface area (Å²) in [7, 11) is 0. The highest BCUT2D eigenvalue weighted by Gasteiger charge is 2.16. The molecule has 0 unspecified atom stereocenters. The molecule has 0 aliphatic heterocycles. The summed E-state index contributed by atoms with van der Waals surface area (Å²) in [5.41, 5.74) is 0.698. The number of aromatic nitrogens is 4. The van der Waals surface area contributed by atoms with Crippen LogP contribution in [0.2, 0.25) is 0 Å². The molecular weight excluding hydrogens is 242 g/mol. The average Bonchev–Trinajstić information content (AvgIpc) is 3.08. The Morgan fingerprint density at radius 3 is 2.95 bits per heavy atom. The molecule has 6 heteroatoms. The number of nitrogens with zero attached hydrogens (tertiary/aromatic N) is 4. The second-order valence-corrected chi connectivity index (χ2v) is 4.86. The highest BCUT2D eigenvalue weighted by atomic mass is 16.5. The van der Waals surface area contributed by atoms with E-state index >= 15 is 0 Å². The van der Waals surface area contributed by atoms with Crippen LogP contribution in [0, 0.1) is 6.92 Å². The van der Waals surface area contributed by atoms with Gasteiger partial charge in [0.05, 0.1) is 6.54 Å². The van der Waals surface area contributed by atoms with Gasteiger partial charge < -0.3 is 9.84 Å². The molecule has 0 radical (unpaired) electrons. The van der Waals surface area contributed by atoms with Gasteiger partial charge in [0.15, 0.2) is 0 Å². The Bertz CT molecular complexity index is 547. The molecule has 0 spiro atoms. The molecule has 0 atom stereocenters. The topological polar surface area (TPSA) is 76.7 Å². The maximum atomic E-state index is 5.23. The highest BCUT2D eigenvalue weighted by Crippen LogP contribution is 2.18.